The zero-order chi connectivity index (χ0) is 22.3. The molecule has 0 bridgehead atoms. The number of nitrogens with one attached hydrogen (secondary N) is 1. The van der Waals surface area contributed by atoms with E-state index in [0.717, 1.165) is 12.0 Å². The molecule has 2 atom stereocenters. The van der Waals surface area contributed by atoms with Gasteiger partial charge in [0, 0.05) is 38.8 Å². The normalized spacial score (nSPS) is 17.8. The van der Waals surface area contributed by atoms with Gasteiger partial charge in [0.05, 0.1) is 12.1 Å². The highest BCUT2D eigenvalue weighted by atomic mass is 16.2. The van der Waals surface area contributed by atoms with Gasteiger partial charge in [-0.25, -0.2) is 9.98 Å². The predicted octanol–water partition coefficient (Wildman–Crippen LogP) is 2.17. The van der Waals surface area contributed by atoms with Crippen LogP contribution in [0.3, 0.4) is 0 Å². The molecule has 30 heavy (non-hydrogen) atoms. The third kappa shape index (κ3) is 5.77. The third-order valence-corrected chi connectivity index (χ3v) is 5.26. The Morgan fingerprint density at radius 1 is 1.43 bits per heavy atom. The Morgan fingerprint density at radius 3 is 2.73 bits per heavy atom. The first-order chi connectivity index (χ1) is 14.3. The van der Waals surface area contributed by atoms with Crippen LogP contribution in [0, 0.1) is 11.3 Å². The van der Waals surface area contributed by atoms with Crippen molar-refractivity contribution in [3.8, 4) is 6.07 Å². The molecule has 1 aliphatic heterocycles. The third-order valence-electron chi connectivity index (χ3n) is 5.26. The van der Waals surface area contributed by atoms with Crippen molar-refractivity contribution in [3.05, 3.63) is 53.1 Å². The molecule has 0 aliphatic carbocycles. The number of hydrogen-bond acceptors (Lipinski definition) is 6. The standard InChI is InChI=1S/C22H28N6O2/c1-15(22(30)28-11-10-20(14-28)27(5)17(3)29)6-9-21(24-4)26-16(2)18-7-8-19(12-23)25-13-18/h6-9,13,16,20,26H,4,10-11,14H2,1-3,5H3/b15-6+,21-9+/t16-,20-/m0/s1. The minimum Gasteiger partial charge on any atom is -0.364 e. The predicted molar refractivity (Wildman–Crippen MR) is 115 cm³/mol. The van der Waals surface area contributed by atoms with E-state index in [-0.39, 0.29) is 23.9 Å². The maximum absolute atomic E-state index is 12.7. The highest BCUT2D eigenvalue weighted by Gasteiger charge is 2.30. The van der Waals surface area contributed by atoms with E-state index < -0.39 is 0 Å². The van der Waals surface area contributed by atoms with E-state index >= 15 is 0 Å². The second-order valence-corrected chi connectivity index (χ2v) is 7.34. The molecule has 8 heteroatoms. The summed E-state index contributed by atoms with van der Waals surface area (Å²) in [6.45, 7) is 9.98. The summed E-state index contributed by atoms with van der Waals surface area (Å²) in [7, 11) is 1.77. The summed E-state index contributed by atoms with van der Waals surface area (Å²) in [5.41, 5.74) is 1.84. The number of nitrogens with zero attached hydrogens (tertiary/aromatic N) is 5. The lowest BCUT2D eigenvalue weighted by molar-refractivity contribution is -0.131. The van der Waals surface area contributed by atoms with E-state index in [1.807, 2.05) is 19.1 Å². The molecule has 2 rings (SSSR count). The molecule has 1 aliphatic rings. The molecule has 0 unspecified atom stereocenters. The van der Waals surface area contributed by atoms with Crippen molar-refractivity contribution in [1.82, 2.24) is 20.1 Å². The van der Waals surface area contributed by atoms with Crippen molar-refractivity contribution < 1.29 is 9.59 Å². The monoisotopic (exact) mass is 408 g/mol. The molecule has 0 spiro atoms. The van der Waals surface area contributed by atoms with Gasteiger partial charge in [0.1, 0.15) is 17.6 Å². The molecule has 1 aromatic heterocycles. The van der Waals surface area contributed by atoms with Crippen LogP contribution in [0.1, 0.15) is 44.5 Å². The zero-order valence-corrected chi connectivity index (χ0v) is 17.9. The summed E-state index contributed by atoms with van der Waals surface area (Å²) >= 11 is 0. The maximum Gasteiger partial charge on any atom is 0.249 e. The van der Waals surface area contributed by atoms with E-state index in [4.69, 9.17) is 5.26 Å². The van der Waals surface area contributed by atoms with Crippen LogP contribution in [-0.4, -0.2) is 59.5 Å². The van der Waals surface area contributed by atoms with Gasteiger partial charge in [-0.15, -0.1) is 0 Å². The number of likely N-dealkylation sites (N-methyl/N-ethyl adjacent to an activating group) is 1. The molecule has 2 amide bonds. The number of nitriles is 1. The van der Waals surface area contributed by atoms with Crippen molar-refractivity contribution in [3.63, 3.8) is 0 Å². The summed E-state index contributed by atoms with van der Waals surface area (Å²) in [6, 6.07) is 5.44. The number of carbonyl (C=O) groups excluding carboxylic acids is 2. The summed E-state index contributed by atoms with van der Waals surface area (Å²) in [6.07, 6.45) is 5.85. The highest BCUT2D eigenvalue weighted by Crippen LogP contribution is 2.17. The molecule has 1 saturated heterocycles. The first-order valence-corrected chi connectivity index (χ1v) is 9.77. The molecular weight excluding hydrogens is 380 g/mol. The lowest BCUT2D eigenvalue weighted by atomic mass is 10.1. The highest BCUT2D eigenvalue weighted by molar-refractivity contribution is 5.93. The van der Waals surface area contributed by atoms with Gasteiger partial charge >= 0.3 is 0 Å². The van der Waals surface area contributed by atoms with E-state index in [9.17, 15) is 9.59 Å². The number of hydrogen-bond donors (Lipinski definition) is 1. The smallest absolute Gasteiger partial charge is 0.249 e. The van der Waals surface area contributed by atoms with Crippen LogP contribution in [0.4, 0.5) is 0 Å². The van der Waals surface area contributed by atoms with E-state index in [0.29, 0.717) is 30.2 Å². The molecular formula is C22H28N6O2. The van der Waals surface area contributed by atoms with Crippen LogP contribution < -0.4 is 5.32 Å². The number of carbonyl (C=O) groups is 2. The zero-order valence-electron chi connectivity index (χ0n) is 17.9. The van der Waals surface area contributed by atoms with Gasteiger partial charge in [0.2, 0.25) is 11.8 Å². The van der Waals surface area contributed by atoms with Crippen LogP contribution in [0.15, 0.2) is 46.9 Å². The minimum absolute atomic E-state index is 0.00357. The number of likely N-dealkylation sites (tertiary alicyclic amines) is 1. The Labute approximate surface area is 177 Å². The fraction of sp³-hybridized carbons (Fsp3) is 0.409. The van der Waals surface area contributed by atoms with E-state index in [2.05, 4.69) is 22.0 Å². The maximum atomic E-state index is 12.7. The van der Waals surface area contributed by atoms with Crippen molar-refractivity contribution in [2.75, 3.05) is 20.1 Å². The molecule has 1 N–H and O–H groups in total. The van der Waals surface area contributed by atoms with Gasteiger partial charge in [-0.2, -0.15) is 5.26 Å². The Morgan fingerprint density at radius 2 is 2.17 bits per heavy atom. The number of aliphatic imine (C=N–C) groups is 1. The summed E-state index contributed by atoms with van der Waals surface area (Å²) < 4.78 is 0. The SMILES string of the molecule is C=N/C(=C\C=C(/C)C(=O)N1CC[C@H](N(C)C(C)=O)C1)N[C@@H](C)c1ccc(C#N)nc1. The van der Waals surface area contributed by atoms with Crippen LogP contribution in [0.2, 0.25) is 0 Å². The quantitative estimate of drug-likeness (QED) is 0.423. The largest absolute Gasteiger partial charge is 0.364 e. The first-order valence-electron chi connectivity index (χ1n) is 9.77. The van der Waals surface area contributed by atoms with Crippen LogP contribution >= 0.6 is 0 Å². The summed E-state index contributed by atoms with van der Waals surface area (Å²) in [5.74, 6) is 0.469. The summed E-state index contributed by atoms with van der Waals surface area (Å²) in [4.78, 5) is 35.8. The van der Waals surface area contributed by atoms with Gasteiger partial charge < -0.3 is 15.1 Å². The van der Waals surface area contributed by atoms with Crippen molar-refractivity contribution in [1.29, 1.82) is 5.26 Å². The molecule has 0 radical (unpaired) electrons. The minimum atomic E-state index is -0.104. The second kappa shape index (κ2) is 10.3. The lowest BCUT2D eigenvalue weighted by Gasteiger charge is -2.23. The Hall–Kier alpha value is -3.47. The van der Waals surface area contributed by atoms with Gasteiger partial charge in [-0.1, -0.05) is 12.1 Å². The van der Waals surface area contributed by atoms with Crippen LogP contribution in [0.25, 0.3) is 0 Å². The van der Waals surface area contributed by atoms with Crippen LogP contribution in [-0.2, 0) is 9.59 Å². The van der Waals surface area contributed by atoms with Gasteiger partial charge in [-0.3, -0.25) is 9.59 Å². The average molecular weight is 409 g/mol. The topological polar surface area (TPSA) is 102 Å². The molecule has 8 nitrogen and oxygen atoms in total. The van der Waals surface area contributed by atoms with Crippen molar-refractivity contribution in [2.45, 2.75) is 39.3 Å². The Bertz CT molecular complexity index is 897. The number of amides is 2. The molecule has 1 fully saturated rings. The molecule has 2 heterocycles. The molecule has 0 aromatic carbocycles. The van der Waals surface area contributed by atoms with Gasteiger partial charge in [0.25, 0.3) is 0 Å². The molecule has 1 aromatic rings. The van der Waals surface area contributed by atoms with Gasteiger partial charge in [0.15, 0.2) is 0 Å². The number of pyridine rings is 1. The van der Waals surface area contributed by atoms with E-state index in [1.165, 1.54) is 6.92 Å². The van der Waals surface area contributed by atoms with E-state index in [1.54, 1.807) is 48.2 Å². The Kier molecular flexibility index (Phi) is 7.87. The fourth-order valence-electron chi connectivity index (χ4n) is 3.20. The van der Waals surface area contributed by atoms with Crippen molar-refractivity contribution in [2.24, 2.45) is 4.99 Å². The van der Waals surface area contributed by atoms with Gasteiger partial charge in [-0.05, 0) is 44.7 Å². The lowest BCUT2D eigenvalue weighted by Crippen LogP contribution is -2.39. The molecule has 158 valence electrons. The fourth-order valence-corrected chi connectivity index (χ4v) is 3.20. The van der Waals surface area contributed by atoms with Crippen molar-refractivity contribution >= 4 is 18.5 Å². The molecule has 0 saturated carbocycles. The van der Waals surface area contributed by atoms with Crippen LogP contribution in [0.5, 0.6) is 0 Å². The number of rotatable bonds is 7. The number of aromatic nitrogens is 1. The summed E-state index contributed by atoms with van der Waals surface area (Å²) in [5, 5.41) is 12.1. The first kappa shape index (κ1) is 22.8. The average Bonchev–Trinajstić information content (AvgIpc) is 3.25. The Balaban J connectivity index is 2.01. The second-order valence-electron chi connectivity index (χ2n) is 7.34. The number of allylic oxidation sites excluding steroid dienone is 2.